The van der Waals surface area contributed by atoms with Gasteiger partial charge >= 0.3 is 5.97 Å². The van der Waals surface area contributed by atoms with Crippen molar-refractivity contribution in [3.8, 4) is 5.75 Å². The molecule has 0 unspecified atom stereocenters. The van der Waals surface area contributed by atoms with E-state index in [-0.39, 0.29) is 11.6 Å². The third-order valence-corrected chi connectivity index (χ3v) is 4.16. The molecule has 0 spiro atoms. The summed E-state index contributed by atoms with van der Waals surface area (Å²) >= 11 is 0. The Kier molecular flexibility index (Phi) is 5.35. The summed E-state index contributed by atoms with van der Waals surface area (Å²) in [6.07, 6.45) is 4.25. The maximum Gasteiger partial charge on any atom is 0.341 e. The van der Waals surface area contributed by atoms with Crippen molar-refractivity contribution in [2.75, 3.05) is 26.4 Å². The number of nitrogens with two attached hydrogens (primary N) is 1. The minimum atomic E-state index is -1.21. The second-order valence-corrected chi connectivity index (χ2v) is 6.10. The van der Waals surface area contributed by atoms with E-state index in [1.165, 1.54) is 6.20 Å². The lowest BCUT2D eigenvalue weighted by molar-refractivity contribution is 0.0695. The van der Waals surface area contributed by atoms with Gasteiger partial charge < -0.3 is 24.9 Å². The van der Waals surface area contributed by atoms with Gasteiger partial charge in [0, 0.05) is 18.8 Å². The number of aromatic carboxylic acids is 1. The molecule has 3 N–H and O–H groups in total. The van der Waals surface area contributed by atoms with E-state index in [1.807, 2.05) is 10.6 Å². The SMILES string of the molecule is NCCCOCCOc1ccc2c(c1)c(=O)c(C(=O)O)cn2C1CC1. The average Bonchev–Trinajstić information content (AvgIpc) is 3.43. The molecule has 1 aliphatic rings. The topological polar surface area (TPSA) is 104 Å². The van der Waals surface area contributed by atoms with Crippen LogP contribution in [-0.4, -0.2) is 42.0 Å². The van der Waals surface area contributed by atoms with Crippen molar-refractivity contribution in [2.45, 2.75) is 25.3 Å². The van der Waals surface area contributed by atoms with Crippen molar-refractivity contribution in [2.24, 2.45) is 5.73 Å². The molecule has 134 valence electrons. The third-order valence-electron chi connectivity index (χ3n) is 4.16. The standard InChI is InChI=1S/C18H22N2O5/c19-6-1-7-24-8-9-25-13-4-5-16-14(10-13)17(21)15(18(22)23)11-20(16)12-2-3-12/h4-5,10-12H,1-3,6-9,19H2,(H,22,23). The van der Waals surface area contributed by atoms with Gasteiger partial charge in [0.05, 0.1) is 17.5 Å². The summed E-state index contributed by atoms with van der Waals surface area (Å²) in [6, 6.07) is 5.48. The van der Waals surface area contributed by atoms with E-state index in [0.29, 0.717) is 37.5 Å². The van der Waals surface area contributed by atoms with Crippen LogP contribution in [-0.2, 0) is 4.74 Å². The molecule has 7 heteroatoms. The van der Waals surface area contributed by atoms with E-state index in [1.54, 1.807) is 12.1 Å². The van der Waals surface area contributed by atoms with Crippen LogP contribution in [0.25, 0.3) is 10.9 Å². The van der Waals surface area contributed by atoms with Gasteiger partial charge in [0.2, 0.25) is 5.43 Å². The second-order valence-electron chi connectivity index (χ2n) is 6.10. The van der Waals surface area contributed by atoms with Crippen molar-refractivity contribution >= 4 is 16.9 Å². The zero-order valence-corrected chi connectivity index (χ0v) is 13.9. The molecule has 0 amide bonds. The molecule has 1 aromatic heterocycles. The highest BCUT2D eigenvalue weighted by Crippen LogP contribution is 2.37. The van der Waals surface area contributed by atoms with Crippen LogP contribution in [0.4, 0.5) is 0 Å². The Morgan fingerprint density at radius 2 is 2.08 bits per heavy atom. The lowest BCUT2D eigenvalue weighted by Gasteiger charge is -2.13. The first-order chi connectivity index (χ1) is 12.1. The quantitative estimate of drug-likeness (QED) is 0.671. The van der Waals surface area contributed by atoms with Crippen LogP contribution in [0.5, 0.6) is 5.75 Å². The smallest absolute Gasteiger partial charge is 0.341 e. The van der Waals surface area contributed by atoms with Gasteiger partial charge in [0.1, 0.15) is 17.9 Å². The summed E-state index contributed by atoms with van der Waals surface area (Å²) < 4.78 is 12.9. The molecule has 1 fully saturated rings. The lowest BCUT2D eigenvalue weighted by atomic mass is 10.1. The number of carbonyl (C=O) groups is 1. The molecule has 0 aliphatic heterocycles. The predicted molar refractivity (Wildman–Crippen MR) is 93.4 cm³/mol. The number of carboxylic acid groups (broad SMARTS) is 1. The molecule has 1 aliphatic carbocycles. The van der Waals surface area contributed by atoms with Crippen LogP contribution < -0.4 is 15.9 Å². The second kappa shape index (κ2) is 7.67. The molecule has 0 atom stereocenters. The van der Waals surface area contributed by atoms with E-state index in [0.717, 1.165) is 24.8 Å². The van der Waals surface area contributed by atoms with Gasteiger partial charge in [-0.15, -0.1) is 0 Å². The molecule has 1 aromatic carbocycles. The molecule has 7 nitrogen and oxygen atoms in total. The third kappa shape index (κ3) is 4.00. The highest BCUT2D eigenvalue weighted by molar-refractivity contribution is 5.93. The van der Waals surface area contributed by atoms with E-state index in [4.69, 9.17) is 15.2 Å². The summed E-state index contributed by atoms with van der Waals surface area (Å²) in [4.78, 5) is 23.9. The zero-order chi connectivity index (χ0) is 17.8. The molecular weight excluding hydrogens is 324 g/mol. The largest absolute Gasteiger partial charge is 0.491 e. The minimum absolute atomic E-state index is 0.207. The molecule has 1 saturated carbocycles. The Balaban J connectivity index is 1.82. The van der Waals surface area contributed by atoms with Gasteiger partial charge in [0.15, 0.2) is 0 Å². The van der Waals surface area contributed by atoms with Crippen LogP contribution in [0.1, 0.15) is 35.7 Å². The van der Waals surface area contributed by atoms with Gasteiger partial charge in [-0.2, -0.15) is 0 Å². The van der Waals surface area contributed by atoms with Gasteiger partial charge in [-0.3, -0.25) is 4.79 Å². The van der Waals surface area contributed by atoms with E-state index >= 15 is 0 Å². The molecule has 25 heavy (non-hydrogen) atoms. The van der Waals surface area contributed by atoms with Crippen LogP contribution >= 0.6 is 0 Å². The number of aromatic nitrogens is 1. The highest BCUT2D eigenvalue weighted by atomic mass is 16.5. The number of rotatable bonds is 9. The molecule has 1 heterocycles. The Bertz CT molecular complexity index is 826. The number of nitrogens with zero attached hydrogens (tertiary/aromatic N) is 1. The van der Waals surface area contributed by atoms with Gasteiger partial charge in [-0.1, -0.05) is 0 Å². The number of fused-ring (bicyclic) bond motifs is 1. The van der Waals surface area contributed by atoms with Crippen molar-refractivity contribution in [3.05, 3.63) is 40.2 Å². The summed E-state index contributed by atoms with van der Waals surface area (Å²) in [5, 5.41) is 9.66. The fourth-order valence-electron chi connectivity index (χ4n) is 2.74. The summed E-state index contributed by atoms with van der Waals surface area (Å²) in [7, 11) is 0. The van der Waals surface area contributed by atoms with E-state index in [9.17, 15) is 14.7 Å². The number of ether oxygens (including phenoxy) is 2. The first kappa shape index (κ1) is 17.4. The Labute approximate surface area is 145 Å². The highest BCUT2D eigenvalue weighted by Gasteiger charge is 2.26. The molecule has 0 radical (unpaired) electrons. The maximum atomic E-state index is 12.5. The van der Waals surface area contributed by atoms with Crippen LogP contribution in [0, 0.1) is 0 Å². The summed E-state index contributed by atoms with van der Waals surface area (Å²) in [6.45, 7) is 1.96. The van der Waals surface area contributed by atoms with Gasteiger partial charge in [-0.25, -0.2) is 4.79 Å². The number of carboxylic acids is 1. The lowest BCUT2D eigenvalue weighted by Crippen LogP contribution is -2.18. The number of pyridine rings is 1. The molecular formula is C18H22N2O5. The van der Waals surface area contributed by atoms with Gasteiger partial charge in [-0.05, 0) is 44.0 Å². The molecule has 0 saturated heterocycles. The normalized spacial score (nSPS) is 14.0. The van der Waals surface area contributed by atoms with Crippen LogP contribution in [0.3, 0.4) is 0 Å². The van der Waals surface area contributed by atoms with Crippen LogP contribution in [0.2, 0.25) is 0 Å². The fraction of sp³-hybridized carbons (Fsp3) is 0.444. The van der Waals surface area contributed by atoms with Crippen molar-refractivity contribution in [1.29, 1.82) is 0 Å². The van der Waals surface area contributed by atoms with Crippen molar-refractivity contribution < 1.29 is 19.4 Å². The Morgan fingerprint density at radius 1 is 1.28 bits per heavy atom. The zero-order valence-electron chi connectivity index (χ0n) is 13.9. The minimum Gasteiger partial charge on any atom is -0.491 e. The molecule has 2 aromatic rings. The Morgan fingerprint density at radius 3 is 2.76 bits per heavy atom. The van der Waals surface area contributed by atoms with Crippen molar-refractivity contribution in [1.82, 2.24) is 4.57 Å². The average molecular weight is 346 g/mol. The monoisotopic (exact) mass is 346 g/mol. The van der Waals surface area contributed by atoms with Gasteiger partial charge in [0.25, 0.3) is 0 Å². The molecule has 0 bridgehead atoms. The first-order valence-corrected chi connectivity index (χ1v) is 8.44. The summed E-state index contributed by atoms with van der Waals surface area (Å²) in [5.74, 6) is -0.683. The molecule has 3 rings (SSSR count). The maximum absolute atomic E-state index is 12.5. The summed E-state index contributed by atoms with van der Waals surface area (Å²) in [5.41, 5.74) is 5.44. The fourth-order valence-corrected chi connectivity index (χ4v) is 2.74. The van der Waals surface area contributed by atoms with E-state index < -0.39 is 11.4 Å². The number of hydrogen-bond donors (Lipinski definition) is 2. The Hall–Kier alpha value is -2.38. The van der Waals surface area contributed by atoms with E-state index in [2.05, 4.69) is 0 Å². The predicted octanol–water partition coefficient (Wildman–Crippen LogP) is 1.78. The number of hydrogen-bond acceptors (Lipinski definition) is 5. The number of benzene rings is 1. The first-order valence-electron chi connectivity index (χ1n) is 8.44. The van der Waals surface area contributed by atoms with Crippen molar-refractivity contribution in [3.63, 3.8) is 0 Å². The van der Waals surface area contributed by atoms with Crippen LogP contribution in [0.15, 0.2) is 29.2 Å².